The summed E-state index contributed by atoms with van der Waals surface area (Å²) in [7, 11) is 0. The molecule has 3 atom stereocenters. The quantitative estimate of drug-likeness (QED) is 0.757. The number of hydrogen-bond donors (Lipinski definition) is 2. The second-order valence-electron chi connectivity index (χ2n) is 5.20. The van der Waals surface area contributed by atoms with Crippen LogP contribution < -0.4 is 0 Å². The summed E-state index contributed by atoms with van der Waals surface area (Å²) < 4.78 is 0. The predicted molar refractivity (Wildman–Crippen MR) is 58.5 cm³/mol. The second-order valence-corrected chi connectivity index (χ2v) is 5.20. The third-order valence-electron chi connectivity index (χ3n) is 3.76. The van der Waals surface area contributed by atoms with Crippen molar-refractivity contribution in [1.29, 1.82) is 0 Å². The predicted octanol–water partition coefficient (Wildman–Crippen LogP) is 2.28. The molecule has 0 radical (unpaired) electrons. The van der Waals surface area contributed by atoms with E-state index in [2.05, 4.69) is 13.8 Å². The Bertz CT molecular complexity index is 229. The van der Waals surface area contributed by atoms with Gasteiger partial charge in [0, 0.05) is 0 Å². The van der Waals surface area contributed by atoms with Crippen molar-refractivity contribution in [3.8, 4) is 0 Å². The zero-order valence-corrected chi connectivity index (χ0v) is 9.86. The summed E-state index contributed by atoms with van der Waals surface area (Å²) in [5.74, 6) is -0.0950. The SMILES string of the molecule is CCC(O)(C(=O)O)C1CC(C)CC(C)C1. The molecule has 0 bridgehead atoms. The van der Waals surface area contributed by atoms with Crippen LogP contribution >= 0.6 is 0 Å². The number of aliphatic hydroxyl groups is 1. The number of aliphatic carboxylic acids is 1. The molecule has 1 aliphatic carbocycles. The van der Waals surface area contributed by atoms with E-state index in [0.29, 0.717) is 18.3 Å². The van der Waals surface area contributed by atoms with Gasteiger partial charge in [0.05, 0.1) is 0 Å². The Balaban J connectivity index is 2.80. The molecule has 0 amide bonds. The highest BCUT2D eigenvalue weighted by atomic mass is 16.4. The fraction of sp³-hybridized carbons (Fsp3) is 0.917. The highest BCUT2D eigenvalue weighted by Gasteiger charge is 2.44. The molecule has 3 unspecified atom stereocenters. The lowest BCUT2D eigenvalue weighted by atomic mass is 9.69. The van der Waals surface area contributed by atoms with Crippen LogP contribution in [0.4, 0.5) is 0 Å². The maximum atomic E-state index is 11.1. The second kappa shape index (κ2) is 4.52. The summed E-state index contributed by atoms with van der Waals surface area (Å²) in [6.07, 6.45) is 3.12. The van der Waals surface area contributed by atoms with Gasteiger partial charge in [-0.25, -0.2) is 4.79 Å². The summed E-state index contributed by atoms with van der Waals surface area (Å²) in [4.78, 5) is 11.1. The fourth-order valence-corrected chi connectivity index (χ4v) is 2.95. The highest BCUT2D eigenvalue weighted by molar-refractivity contribution is 5.77. The van der Waals surface area contributed by atoms with Crippen LogP contribution in [0.1, 0.15) is 46.5 Å². The maximum Gasteiger partial charge on any atom is 0.335 e. The average Bonchev–Trinajstić information content (AvgIpc) is 2.14. The molecule has 3 nitrogen and oxygen atoms in total. The van der Waals surface area contributed by atoms with Gasteiger partial charge in [-0.3, -0.25) is 0 Å². The summed E-state index contributed by atoms with van der Waals surface area (Å²) >= 11 is 0. The van der Waals surface area contributed by atoms with Crippen LogP contribution in [-0.2, 0) is 4.79 Å². The van der Waals surface area contributed by atoms with Crippen LogP contribution in [0, 0.1) is 17.8 Å². The third-order valence-corrected chi connectivity index (χ3v) is 3.76. The molecular weight excluding hydrogens is 192 g/mol. The van der Waals surface area contributed by atoms with Crippen molar-refractivity contribution in [1.82, 2.24) is 0 Å². The molecule has 1 saturated carbocycles. The standard InChI is InChI=1S/C12H22O3/c1-4-12(15,11(13)14)10-6-8(2)5-9(3)7-10/h8-10,15H,4-7H2,1-3H3,(H,13,14). The monoisotopic (exact) mass is 214 g/mol. The first kappa shape index (κ1) is 12.5. The summed E-state index contributed by atoms with van der Waals surface area (Å²) in [6.45, 7) is 6.03. The molecule has 0 aromatic rings. The lowest BCUT2D eigenvalue weighted by Gasteiger charge is -2.39. The molecule has 2 N–H and O–H groups in total. The van der Waals surface area contributed by atoms with Crippen molar-refractivity contribution in [2.24, 2.45) is 17.8 Å². The number of rotatable bonds is 3. The Morgan fingerprint density at radius 2 is 1.73 bits per heavy atom. The minimum absolute atomic E-state index is 0.0845. The summed E-state index contributed by atoms with van der Waals surface area (Å²) in [6, 6.07) is 0. The molecular formula is C12H22O3. The van der Waals surface area contributed by atoms with Gasteiger partial charge in [-0.15, -0.1) is 0 Å². The topological polar surface area (TPSA) is 57.5 Å². The third kappa shape index (κ3) is 2.51. The molecule has 15 heavy (non-hydrogen) atoms. The normalized spacial score (nSPS) is 35.9. The summed E-state index contributed by atoms with van der Waals surface area (Å²) in [5.41, 5.74) is -1.51. The van der Waals surface area contributed by atoms with Gasteiger partial charge in [0.2, 0.25) is 0 Å². The molecule has 0 aromatic carbocycles. The van der Waals surface area contributed by atoms with Gasteiger partial charge in [0.1, 0.15) is 0 Å². The molecule has 0 aliphatic heterocycles. The Morgan fingerprint density at radius 1 is 1.27 bits per heavy atom. The van der Waals surface area contributed by atoms with Gasteiger partial charge in [0.25, 0.3) is 0 Å². The smallest absolute Gasteiger partial charge is 0.335 e. The van der Waals surface area contributed by atoms with Gasteiger partial charge >= 0.3 is 5.97 Å². The van der Waals surface area contributed by atoms with Crippen LogP contribution in [-0.4, -0.2) is 21.8 Å². The van der Waals surface area contributed by atoms with Crippen molar-refractivity contribution in [2.45, 2.75) is 52.1 Å². The van der Waals surface area contributed by atoms with Crippen LogP contribution in [0.5, 0.6) is 0 Å². The van der Waals surface area contributed by atoms with E-state index in [1.165, 1.54) is 0 Å². The van der Waals surface area contributed by atoms with E-state index in [4.69, 9.17) is 5.11 Å². The lowest BCUT2D eigenvalue weighted by molar-refractivity contribution is -0.168. The van der Waals surface area contributed by atoms with Gasteiger partial charge in [-0.2, -0.15) is 0 Å². The van der Waals surface area contributed by atoms with Crippen molar-refractivity contribution >= 4 is 5.97 Å². The van der Waals surface area contributed by atoms with E-state index < -0.39 is 11.6 Å². The molecule has 3 heteroatoms. The first-order chi connectivity index (χ1) is 6.90. The summed E-state index contributed by atoms with van der Waals surface area (Å²) in [5, 5.41) is 19.3. The van der Waals surface area contributed by atoms with Crippen LogP contribution in [0.25, 0.3) is 0 Å². The average molecular weight is 214 g/mol. The van der Waals surface area contributed by atoms with Crippen molar-refractivity contribution in [3.63, 3.8) is 0 Å². The maximum absolute atomic E-state index is 11.1. The van der Waals surface area contributed by atoms with Gasteiger partial charge in [0.15, 0.2) is 5.60 Å². The van der Waals surface area contributed by atoms with Crippen molar-refractivity contribution in [2.75, 3.05) is 0 Å². The Hall–Kier alpha value is -0.570. The van der Waals surface area contributed by atoms with Gasteiger partial charge in [-0.05, 0) is 43.4 Å². The highest BCUT2D eigenvalue weighted by Crippen LogP contribution is 2.40. The van der Waals surface area contributed by atoms with Crippen LogP contribution in [0.3, 0.4) is 0 Å². The van der Waals surface area contributed by atoms with E-state index in [0.717, 1.165) is 19.3 Å². The van der Waals surface area contributed by atoms with Crippen LogP contribution in [0.2, 0.25) is 0 Å². The molecule has 0 aromatic heterocycles. The zero-order chi connectivity index (χ0) is 11.6. The number of carboxylic acids is 1. The van der Waals surface area contributed by atoms with E-state index >= 15 is 0 Å². The number of carbonyl (C=O) groups is 1. The molecule has 0 heterocycles. The molecule has 0 saturated heterocycles. The molecule has 1 aliphatic rings. The fourth-order valence-electron chi connectivity index (χ4n) is 2.95. The minimum atomic E-state index is -1.51. The zero-order valence-electron chi connectivity index (χ0n) is 9.86. The van der Waals surface area contributed by atoms with E-state index in [9.17, 15) is 9.90 Å². The molecule has 88 valence electrons. The minimum Gasteiger partial charge on any atom is -0.479 e. The Morgan fingerprint density at radius 3 is 2.07 bits per heavy atom. The van der Waals surface area contributed by atoms with E-state index in [1.807, 2.05) is 0 Å². The van der Waals surface area contributed by atoms with Crippen LogP contribution in [0.15, 0.2) is 0 Å². The first-order valence-corrected chi connectivity index (χ1v) is 5.85. The van der Waals surface area contributed by atoms with Gasteiger partial charge in [-0.1, -0.05) is 20.8 Å². The largest absolute Gasteiger partial charge is 0.479 e. The Labute approximate surface area is 91.5 Å². The van der Waals surface area contributed by atoms with Crippen molar-refractivity contribution in [3.05, 3.63) is 0 Å². The lowest BCUT2D eigenvalue weighted by Crippen LogP contribution is -2.47. The first-order valence-electron chi connectivity index (χ1n) is 5.85. The molecule has 0 spiro atoms. The number of hydrogen-bond acceptors (Lipinski definition) is 2. The van der Waals surface area contributed by atoms with E-state index in [1.54, 1.807) is 6.92 Å². The molecule has 1 rings (SSSR count). The van der Waals surface area contributed by atoms with E-state index in [-0.39, 0.29) is 5.92 Å². The van der Waals surface area contributed by atoms with Gasteiger partial charge < -0.3 is 10.2 Å². The number of carboxylic acid groups (broad SMARTS) is 1. The molecule has 1 fully saturated rings. The Kier molecular flexibility index (Phi) is 3.77. The van der Waals surface area contributed by atoms with Crippen molar-refractivity contribution < 1.29 is 15.0 Å².